The van der Waals surface area contributed by atoms with Crippen LogP contribution in [0.4, 0.5) is 0 Å². The van der Waals surface area contributed by atoms with Gasteiger partial charge in [0.15, 0.2) is 12.6 Å². The molecule has 3 saturated heterocycles. The van der Waals surface area contributed by atoms with Crippen molar-refractivity contribution < 1.29 is 52.6 Å². The van der Waals surface area contributed by atoms with Gasteiger partial charge in [-0.15, -0.1) is 0 Å². The third kappa shape index (κ3) is 10.5. The number of ketones is 1. The van der Waals surface area contributed by atoms with Crippen LogP contribution in [0.25, 0.3) is 0 Å². The number of carbonyl (C=O) groups excluding carboxylic acids is 2. The molecule has 0 aromatic carbocycles. The third-order valence-electron chi connectivity index (χ3n) is 14.4. The van der Waals surface area contributed by atoms with E-state index in [0.29, 0.717) is 12.8 Å². The van der Waals surface area contributed by atoms with Crippen molar-refractivity contribution in [2.75, 3.05) is 21.3 Å². The molecule has 3 rings (SSSR count). The minimum absolute atomic E-state index is 0.114. The highest BCUT2D eigenvalue weighted by Crippen LogP contribution is 2.45. The largest absolute Gasteiger partial charge is 0.459 e. The molecular formula is C43H76N2O13. The fraction of sp³-hybridized carbons (Fsp3) is 0.953. The first-order chi connectivity index (χ1) is 27.0. The van der Waals surface area contributed by atoms with E-state index in [1.54, 1.807) is 48.8 Å². The number of carbonyl (C=O) groups is 2. The summed E-state index contributed by atoms with van der Waals surface area (Å²) in [7, 11) is 4.77. The summed E-state index contributed by atoms with van der Waals surface area (Å²) in [6.07, 6.45) is -4.16. The van der Waals surface area contributed by atoms with Crippen LogP contribution < -0.4 is 0 Å². The molecule has 336 valence electrons. The maximum atomic E-state index is 14.5. The normalized spacial score (nSPS) is 46.4. The van der Waals surface area contributed by atoms with Crippen LogP contribution in [-0.2, 0) is 47.5 Å². The molecule has 15 heteroatoms. The zero-order chi connectivity index (χ0) is 44.1. The molecule has 0 saturated carbocycles. The van der Waals surface area contributed by atoms with Gasteiger partial charge in [-0.05, 0) is 97.8 Å². The lowest BCUT2D eigenvalue weighted by Gasteiger charge is -2.50. The van der Waals surface area contributed by atoms with Crippen molar-refractivity contribution in [3.05, 3.63) is 9.81 Å². The smallest absolute Gasteiger partial charge is 0.311 e. The van der Waals surface area contributed by atoms with Crippen LogP contribution in [0.15, 0.2) is 10.4 Å². The van der Waals surface area contributed by atoms with Crippen LogP contribution in [0.1, 0.15) is 122 Å². The van der Waals surface area contributed by atoms with Crippen molar-refractivity contribution in [2.45, 2.75) is 200 Å². The van der Waals surface area contributed by atoms with Crippen molar-refractivity contribution >= 4 is 11.8 Å². The summed E-state index contributed by atoms with van der Waals surface area (Å²) in [6, 6.07) is -2.10. The van der Waals surface area contributed by atoms with Gasteiger partial charge in [-0.2, -0.15) is 9.81 Å². The Kier molecular flexibility index (Phi) is 18.0. The number of ether oxygens (including phenoxy) is 8. The minimum Gasteiger partial charge on any atom is -0.459 e. The Balaban J connectivity index is 2.31. The molecule has 15 nitrogen and oxygen atoms in total. The summed E-state index contributed by atoms with van der Waals surface area (Å²) in [4.78, 5) is 52.5. The van der Waals surface area contributed by atoms with Crippen molar-refractivity contribution in [1.82, 2.24) is 0 Å². The zero-order valence-electron chi connectivity index (χ0n) is 38.1. The molecule has 3 aliphatic heterocycles. The Hall–Kier alpha value is -1.98. The second-order valence-electron chi connectivity index (χ2n) is 18.6. The standard InChI is InChI=1S/C43H76N2O13/c1-17-32-42(12,48)36(44-49)25(6)30(28(9)46)19-18-23(4)43(13,53-16)38(58-40-35(51-14)31(22(2)3)20-24(5)54-40)26(7)34(27(8)39(47)56-32)57-33-21-41(11,52-15)37(45-50)29(10)55-33/h22-27,29-38,40,48H,17-21H2,1-16H3/t23-,24-,25-,26+,27-,29+,30?,31-,32-,33-,34+,35+,36+,37-,38+,40+,41?,42-,43+/m1/s1. The highest BCUT2D eigenvalue weighted by atomic mass is 16.7. The number of esters is 1. The maximum absolute atomic E-state index is 14.5. The fourth-order valence-corrected chi connectivity index (χ4v) is 10.2. The molecule has 0 bridgehead atoms. The van der Waals surface area contributed by atoms with Crippen LogP contribution in [0, 0.1) is 51.2 Å². The van der Waals surface area contributed by atoms with Crippen LogP contribution in [0.2, 0.25) is 0 Å². The Labute approximate surface area is 346 Å². The molecule has 0 aromatic heterocycles. The Morgan fingerprint density at radius 3 is 2.02 bits per heavy atom. The molecule has 0 aliphatic carbocycles. The quantitative estimate of drug-likeness (QED) is 0.157. The number of nitrogens with zero attached hydrogens (tertiary/aromatic N) is 2. The van der Waals surface area contributed by atoms with Crippen molar-refractivity contribution in [1.29, 1.82) is 0 Å². The number of Topliss-reactive ketones (excluding diaryl/α,β-unsaturated/α-hetero) is 1. The highest BCUT2D eigenvalue weighted by Gasteiger charge is 2.55. The lowest BCUT2D eigenvalue weighted by molar-refractivity contribution is -0.321. The van der Waals surface area contributed by atoms with Gasteiger partial charge in [0, 0.05) is 39.6 Å². The molecular weight excluding hydrogens is 752 g/mol. The number of hydrogen-bond acceptors (Lipinski definition) is 15. The van der Waals surface area contributed by atoms with Gasteiger partial charge in [-0.25, -0.2) is 0 Å². The molecule has 3 aliphatic rings. The van der Waals surface area contributed by atoms with Gasteiger partial charge >= 0.3 is 5.97 Å². The van der Waals surface area contributed by atoms with Gasteiger partial charge in [-0.1, -0.05) is 51.9 Å². The van der Waals surface area contributed by atoms with E-state index < -0.39 is 102 Å². The van der Waals surface area contributed by atoms with E-state index in [-0.39, 0.29) is 42.5 Å². The van der Waals surface area contributed by atoms with Crippen molar-refractivity contribution in [3.8, 4) is 0 Å². The van der Waals surface area contributed by atoms with E-state index in [9.17, 15) is 24.5 Å². The molecule has 0 radical (unpaired) electrons. The number of cyclic esters (lactones) is 1. The first-order valence-electron chi connectivity index (χ1n) is 21.4. The van der Waals surface area contributed by atoms with Gasteiger partial charge < -0.3 is 43.0 Å². The Bertz CT molecular complexity index is 1370. The molecule has 2 unspecified atom stereocenters. The van der Waals surface area contributed by atoms with E-state index in [2.05, 4.69) is 24.2 Å². The first kappa shape index (κ1) is 50.4. The second kappa shape index (κ2) is 20.7. The van der Waals surface area contributed by atoms with Gasteiger partial charge in [-0.3, -0.25) is 9.59 Å². The first-order valence-corrected chi connectivity index (χ1v) is 21.4. The molecule has 19 atom stereocenters. The van der Waals surface area contributed by atoms with Crippen LogP contribution in [0.3, 0.4) is 0 Å². The van der Waals surface area contributed by atoms with Gasteiger partial charge in [0.05, 0.1) is 41.5 Å². The lowest BCUT2D eigenvalue weighted by atomic mass is 9.71. The molecule has 3 fully saturated rings. The number of methoxy groups -OCH3 is 3. The Morgan fingerprint density at radius 2 is 1.52 bits per heavy atom. The van der Waals surface area contributed by atoms with E-state index in [1.165, 1.54) is 21.0 Å². The lowest BCUT2D eigenvalue weighted by Crippen LogP contribution is -2.60. The number of aliphatic hydroxyl groups is 1. The van der Waals surface area contributed by atoms with Crippen LogP contribution in [-0.4, -0.2) is 116 Å². The van der Waals surface area contributed by atoms with E-state index in [1.807, 2.05) is 27.7 Å². The monoisotopic (exact) mass is 829 g/mol. The number of rotatable bonds is 12. The average Bonchev–Trinajstić information content (AvgIpc) is 3.16. The summed E-state index contributed by atoms with van der Waals surface area (Å²) in [5, 5.41) is 18.8. The zero-order valence-corrected chi connectivity index (χ0v) is 38.1. The molecule has 1 N–H and O–H groups in total. The maximum Gasteiger partial charge on any atom is 0.311 e. The van der Waals surface area contributed by atoms with Gasteiger partial charge in [0.25, 0.3) is 0 Å². The summed E-state index contributed by atoms with van der Waals surface area (Å²) < 4.78 is 51.6. The second-order valence-corrected chi connectivity index (χ2v) is 18.6. The molecule has 0 aromatic rings. The van der Waals surface area contributed by atoms with Crippen molar-refractivity contribution in [3.63, 3.8) is 0 Å². The fourth-order valence-electron chi connectivity index (χ4n) is 10.2. The minimum atomic E-state index is -1.92. The van der Waals surface area contributed by atoms with Gasteiger partial charge in [0.2, 0.25) is 0 Å². The molecule has 3 heterocycles. The van der Waals surface area contributed by atoms with E-state index in [0.717, 1.165) is 6.42 Å². The number of nitroso groups, excluding NO2 is 2. The van der Waals surface area contributed by atoms with Crippen molar-refractivity contribution in [2.24, 2.45) is 51.8 Å². The van der Waals surface area contributed by atoms with E-state index in [4.69, 9.17) is 37.9 Å². The number of hydrogen-bond donors (Lipinski definition) is 1. The van der Waals surface area contributed by atoms with Crippen LogP contribution in [0.5, 0.6) is 0 Å². The summed E-state index contributed by atoms with van der Waals surface area (Å²) in [6.45, 7) is 23.8. The molecule has 0 amide bonds. The summed E-state index contributed by atoms with van der Waals surface area (Å²) in [5.41, 5.74) is -4.06. The summed E-state index contributed by atoms with van der Waals surface area (Å²) in [5.74, 6) is -3.78. The molecule has 0 spiro atoms. The SMILES string of the molecule is CC[C@H]1OC(=O)[C@H](C)[C@@H](O[C@@H]2CC(C)(OC)[C@H](N=O)[C@H](C)O2)[C@H](C)[C@H](O[C@@H]2O[C@H](C)C[C@H](C(C)C)[C@@H]2OC)[C@@](C)(OC)[C@H](C)CCC(C(C)=O)[C@@H](C)[C@H](N=O)[C@]1(C)O. The Morgan fingerprint density at radius 1 is 0.897 bits per heavy atom. The predicted octanol–water partition coefficient (Wildman–Crippen LogP) is 7.01. The summed E-state index contributed by atoms with van der Waals surface area (Å²) >= 11 is 0. The third-order valence-corrected chi connectivity index (χ3v) is 14.4. The average molecular weight is 829 g/mol. The highest BCUT2D eigenvalue weighted by molar-refractivity contribution is 5.78. The predicted molar refractivity (Wildman–Crippen MR) is 218 cm³/mol. The topological polar surface area (TPSA) is 187 Å². The molecule has 58 heavy (non-hydrogen) atoms. The van der Waals surface area contributed by atoms with Crippen LogP contribution >= 0.6 is 0 Å². The van der Waals surface area contributed by atoms with Gasteiger partial charge in [0.1, 0.15) is 35.7 Å². The van der Waals surface area contributed by atoms with E-state index >= 15 is 0 Å².